The van der Waals surface area contributed by atoms with E-state index in [-0.39, 0.29) is 11.5 Å². The molecule has 0 saturated heterocycles. The molecule has 0 amide bonds. The van der Waals surface area contributed by atoms with Gasteiger partial charge in [0.05, 0.1) is 0 Å². The highest BCUT2D eigenvalue weighted by atomic mass is 16.6. The molecule has 3 nitrogen and oxygen atoms in total. The van der Waals surface area contributed by atoms with Crippen molar-refractivity contribution in [2.45, 2.75) is 45.4 Å². The van der Waals surface area contributed by atoms with Crippen molar-refractivity contribution in [1.82, 2.24) is 0 Å². The van der Waals surface area contributed by atoms with Gasteiger partial charge >= 0.3 is 0 Å². The number of rotatable bonds is 7. The molecule has 66 valence electrons. The zero-order valence-electron chi connectivity index (χ0n) is 7.21. The molecule has 0 aromatic rings. The number of hydrogen-bond acceptors (Lipinski definition) is 2. The standard InChI is InChI=1S/C8H17NO2/c1-2-3-4-5-6-7-8-9(10)11/h2-8H2,1H3. The van der Waals surface area contributed by atoms with Gasteiger partial charge in [-0.1, -0.05) is 32.6 Å². The summed E-state index contributed by atoms with van der Waals surface area (Å²) in [6.07, 6.45) is 6.64. The third kappa shape index (κ3) is 9.40. The minimum atomic E-state index is -0.236. The Bertz CT molecular complexity index is 104. The lowest BCUT2D eigenvalue weighted by Gasteiger charge is -1.96. The lowest BCUT2D eigenvalue weighted by Crippen LogP contribution is -1.99. The van der Waals surface area contributed by atoms with Crippen LogP contribution in [-0.4, -0.2) is 11.5 Å². The van der Waals surface area contributed by atoms with Crippen molar-refractivity contribution in [2.24, 2.45) is 0 Å². The largest absolute Gasteiger partial charge is 0.265 e. The average molecular weight is 159 g/mol. The maximum atomic E-state index is 9.89. The van der Waals surface area contributed by atoms with Crippen LogP contribution in [0.15, 0.2) is 0 Å². The molecule has 0 aromatic carbocycles. The second-order valence-corrected chi connectivity index (χ2v) is 2.82. The maximum Gasteiger partial charge on any atom is 0.203 e. The second-order valence-electron chi connectivity index (χ2n) is 2.82. The Morgan fingerprint density at radius 2 is 1.64 bits per heavy atom. The summed E-state index contributed by atoms with van der Waals surface area (Å²) >= 11 is 0. The molecule has 0 aliphatic rings. The smallest absolute Gasteiger partial charge is 0.203 e. The predicted octanol–water partition coefficient (Wildman–Crippen LogP) is 2.62. The molecule has 0 fully saturated rings. The molecule has 3 heteroatoms. The molecule has 0 atom stereocenters. The van der Waals surface area contributed by atoms with Crippen LogP contribution >= 0.6 is 0 Å². The third-order valence-corrected chi connectivity index (χ3v) is 1.69. The first-order valence-electron chi connectivity index (χ1n) is 4.39. The molecule has 11 heavy (non-hydrogen) atoms. The topological polar surface area (TPSA) is 43.1 Å². The van der Waals surface area contributed by atoms with Gasteiger partial charge in [0.1, 0.15) is 0 Å². The van der Waals surface area contributed by atoms with Gasteiger partial charge in [-0.05, 0) is 6.42 Å². The van der Waals surface area contributed by atoms with Crippen molar-refractivity contribution >= 4 is 0 Å². The van der Waals surface area contributed by atoms with E-state index >= 15 is 0 Å². The van der Waals surface area contributed by atoms with Crippen LogP contribution in [0.4, 0.5) is 0 Å². The van der Waals surface area contributed by atoms with E-state index in [9.17, 15) is 10.1 Å². The Hall–Kier alpha value is -0.600. The van der Waals surface area contributed by atoms with Gasteiger partial charge in [0.15, 0.2) is 0 Å². The lowest BCUT2D eigenvalue weighted by atomic mass is 10.1. The van der Waals surface area contributed by atoms with Crippen molar-refractivity contribution in [2.75, 3.05) is 6.54 Å². The molecular formula is C8H17NO2. The Kier molecular flexibility index (Phi) is 7.10. The normalized spacial score (nSPS) is 9.91. The van der Waals surface area contributed by atoms with Crippen molar-refractivity contribution in [1.29, 1.82) is 0 Å². The SMILES string of the molecule is CCCCCCCC[N+](=O)[O-]. The summed E-state index contributed by atoms with van der Waals surface area (Å²) in [5.74, 6) is 0. The van der Waals surface area contributed by atoms with E-state index in [2.05, 4.69) is 6.92 Å². The van der Waals surface area contributed by atoms with Gasteiger partial charge < -0.3 is 0 Å². The quantitative estimate of drug-likeness (QED) is 0.325. The van der Waals surface area contributed by atoms with E-state index in [4.69, 9.17) is 0 Å². The van der Waals surface area contributed by atoms with E-state index < -0.39 is 0 Å². The van der Waals surface area contributed by atoms with Crippen molar-refractivity contribution in [3.8, 4) is 0 Å². The maximum absolute atomic E-state index is 9.89. The number of unbranched alkanes of at least 4 members (excludes halogenated alkanes) is 5. The van der Waals surface area contributed by atoms with Crippen molar-refractivity contribution in [3.05, 3.63) is 10.1 Å². The first-order chi connectivity index (χ1) is 5.27. The van der Waals surface area contributed by atoms with Crippen molar-refractivity contribution < 1.29 is 4.92 Å². The van der Waals surface area contributed by atoms with Crippen LogP contribution in [0, 0.1) is 10.1 Å². The summed E-state index contributed by atoms with van der Waals surface area (Å²) in [6.45, 7) is 2.31. The summed E-state index contributed by atoms with van der Waals surface area (Å²) < 4.78 is 0. The van der Waals surface area contributed by atoms with Gasteiger partial charge in [0.25, 0.3) is 0 Å². The Labute approximate surface area is 67.9 Å². The Morgan fingerprint density at radius 1 is 1.09 bits per heavy atom. The zero-order valence-corrected chi connectivity index (χ0v) is 7.21. The molecule has 0 heterocycles. The summed E-state index contributed by atoms with van der Waals surface area (Å²) in [7, 11) is 0. The number of hydrogen-bond donors (Lipinski definition) is 0. The Morgan fingerprint density at radius 3 is 2.18 bits per heavy atom. The first kappa shape index (κ1) is 10.4. The fraction of sp³-hybridized carbons (Fsp3) is 1.00. The van der Waals surface area contributed by atoms with E-state index in [1.165, 1.54) is 19.3 Å². The Balaban J connectivity index is 2.85. The molecule has 0 saturated carbocycles. The van der Waals surface area contributed by atoms with Crippen LogP contribution < -0.4 is 0 Å². The van der Waals surface area contributed by atoms with Gasteiger partial charge in [0.2, 0.25) is 6.54 Å². The molecule has 0 N–H and O–H groups in total. The van der Waals surface area contributed by atoms with Crippen LogP contribution in [-0.2, 0) is 0 Å². The lowest BCUT2D eigenvalue weighted by molar-refractivity contribution is -0.480. The minimum absolute atomic E-state index is 0.145. The number of nitro groups is 1. The van der Waals surface area contributed by atoms with Crippen LogP contribution in [0.5, 0.6) is 0 Å². The average Bonchev–Trinajstić information content (AvgIpc) is 1.96. The summed E-state index contributed by atoms with van der Waals surface area (Å²) in [6, 6.07) is 0. The first-order valence-corrected chi connectivity index (χ1v) is 4.39. The van der Waals surface area contributed by atoms with Crippen LogP contribution in [0.3, 0.4) is 0 Å². The molecule has 0 radical (unpaired) electrons. The van der Waals surface area contributed by atoms with Gasteiger partial charge in [-0.3, -0.25) is 10.1 Å². The van der Waals surface area contributed by atoms with Crippen LogP contribution in [0.25, 0.3) is 0 Å². The summed E-state index contributed by atoms with van der Waals surface area (Å²) in [5.41, 5.74) is 0. The highest BCUT2D eigenvalue weighted by Crippen LogP contribution is 2.04. The molecule has 0 aliphatic carbocycles. The van der Waals surface area contributed by atoms with Crippen molar-refractivity contribution in [3.63, 3.8) is 0 Å². The second kappa shape index (κ2) is 7.51. The third-order valence-electron chi connectivity index (χ3n) is 1.69. The molecular weight excluding hydrogens is 142 g/mol. The molecule has 0 aliphatic heterocycles. The van der Waals surface area contributed by atoms with Gasteiger partial charge in [-0.25, -0.2) is 0 Å². The highest BCUT2D eigenvalue weighted by Gasteiger charge is 1.95. The highest BCUT2D eigenvalue weighted by molar-refractivity contribution is 4.42. The van der Waals surface area contributed by atoms with E-state index in [1.807, 2.05) is 0 Å². The predicted molar refractivity (Wildman–Crippen MR) is 45.2 cm³/mol. The van der Waals surface area contributed by atoms with Crippen LogP contribution in [0.2, 0.25) is 0 Å². The molecule has 0 bridgehead atoms. The molecule has 0 unspecified atom stereocenters. The summed E-state index contributed by atoms with van der Waals surface area (Å²) in [5, 5.41) is 9.89. The van der Waals surface area contributed by atoms with Gasteiger partial charge in [-0.15, -0.1) is 0 Å². The van der Waals surface area contributed by atoms with Gasteiger partial charge in [-0.2, -0.15) is 0 Å². The van der Waals surface area contributed by atoms with E-state index in [0.29, 0.717) is 0 Å². The molecule has 0 rings (SSSR count). The van der Waals surface area contributed by atoms with E-state index in [0.717, 1.165) is 19.3 Å². The number of nitrogens with zero attached hydrogens (tertiary/aromatic N) is 1. The molecule has 0 aromatic heterocycles. The van der Waals surface area contributed by atoms with Crippen LogP contribution in [0.1, 0.15) is 45.4 Å². The monoisotopic (exact) mass is 159 g/mol. The molecule has 0 spiro atoms. The summed E-state index contributed by atoms with van der Waals surface area (Å²) in [4.78, 5) is 9.66. The fourth-order valence-electron chi connectivity index (χ4n) is 1.02. The van der Waals surface area contributed by atoms with Gasteiger partial charge in [0, 0.05) is 11.3 Å². The minimum Gasteiger partial charge on any atom is -0.265 e. The zero-order chi connectivity index (χ0) is 8.53. The fourth-order valence-corrected chi connectivity index (χ4v) is 1.02. The van der Waals surface area contributed by atoms with E-state index in [1.54, 1.807) is 0 Å².